The van der Waals surface area contributed by atoms with Crippen LogP contribution in [-0.4, -0.2) is 42.8 Å². The van der Waals surface area contributed by atoms with Crippen LogP contribution in [0.2, 0.25) is 0 Å². The molecule has 0 spiro atoms. The highest BCUT2D eigenvalue weighted by Gasteiger charge is 2.35. The van der Waals surface area contributed by atoms with E-state index >= 15 is 0 Å². The lowest BCUT2D eigenvalue weighted by Crippen LogP contribution is -2.53. The molecule has 3 aliphatic rings. The van der Waals surface area contributed by atoms with Crippen molar-refractivity contribution in [3.05, 3.63) is 17.7 Å². The third-order valence-electron chi connectivity index (χ3n) is 4.80. The Balaban J connectivity index is 1.68. The lowest BCUT2D eigenvalue weighted by atomic mass is 9.84. The van der Waals surface area contributed by atoms with Gasteiger partial charge in [-0.3, -0.25) is 0 Å². The molecule has 3 aliphatic heterocycles. The maximum absolute atomic E-state index is 14.1. The van der Waals surface area contributed by atoms with Gasteiger partial charge >= 0.3 is 0 Å². The highest BCUT2D eigenvalue weighted by atomic mass is 19.1. The number of benzene rings is 1. The molecule has 0 aliphatic carbocycles. The van der Waals surface area contributed by atoms with Crippen molar-refractivity contribution in [1.29, 1.82) is 0 Å². The summed E-state index contributed by atoms with van der Waals surface area (Å²) < 4.78 is 37.8. The molecule has 2 bridgehead atoms. The fraction of sp³-hybridized carbons (Fsp3) is 0.533. The number of nitrogens with zero attached hydrogens (tertiary/aromatic N) is 2. The second-order valence-corrected chi connectivity index (χ2v) is 6.00. The molecule has 7 heteroatoms. The molecular weight excluding hydrogens is 292 g/mol. The van der Waals surface area contributed by atoms with Gasteiger partial charge in [-0.1, -0.05) is 5.16 Å². The molecule has 4 heterocycles. The van der Waals surface area contributed by atoms with Crippen LogP contribution >= 0.6 is 0 Å². The molecule has 3 fully saturated rings. The molecule has 1 aromatic heterocycles. The summed E-state index contributed by atoms with van der Waals surface area (Å²) in [6, 6.07) is 1.45. The Kier molecular flexibility index (Phi) is 3.18. The van der Waals surface area contributed by atoms with Crippen molar-refractivity contribution in [1.82, 2.24) is 10.1 Å². The number of fused-ring (bicyclic) bond motifs is 4. The van der Waals surface area contributed by atoms with E-state index in [-0.39, 0.29) is 11.6 Å². The van der Waals surface area contributed by atoms with Crippen molar-refractivity contribution in [2.24, 2.45) is 5.92 Å². The zero-order valence-corrected chi connectivity index (χ0v) is 12.2. The quantitative estimate of drug-likeness (QED) is 0.944. The van der Waals surface area contributed by atoms with Crippen LogP contribution in [0.15, 0.2) is 10.6 Å². The van der Waals surface area contributed by atoms with Crippen LogP contribution in [0.3, 0.4) is 0 Å². The van der Waals surface area contributed by atoms with Crippen molar-refractivity contribution < 1.29 is 18.0 Å². The number of ether oxygens (including phenoxy) is 1. The third-order valence-corrected chi connectivity index (χ3v) is 4.80. The van der Waals surface area contributed by atoms with Gasteiger partial charge < -0.3 is 19.5 Å². The molecule has 5 nitrogen and oxygen atoms in total. The standard InChI is InChI=1S/C15H17F2N3O2/c1-21-14-10(16)6-9-13(12(14)17)22-19-15(9)18-11-7-20-4-2-8(11)3-5-20/h6,8,11H,2-5,7H2,1H3,(H,18,19)/t11-/m0/s1. The largest absolute Gasteiger partial charge is 0.491 e. The fourth-order valence-electron chi connectivity index (χ4n) is 3.59. The van der Waals surface area contributed by atoms with Gasteiger partial charge in [0, 0.05) is 12.6 Å². The van der Waals surface area contributed by atoms with Gasteiger partial charge in [0.25, 0.3) is 0 Å². The number of aromatic nitrogens is 1. The number of hydrogen-bond donors (Lipinski definition) is 1. The minimum atomic E-state index is -0.855. The molecule has 0 unspecified atom stereocenters. The van der Waals surface area contributed by atoms with Gasteiger partial charge in [-0.2, -0.15) is 4.39 Å². The summed E-state index contributed by atoms with van der Waals surface area (Å²) >= 11 is 0. The van der Waals surface area contributed by atoms with Gasteiger partial charge in [0.05, 0.1) is 12.5 Å². The second kappa shape index (κ2) is 5.08. The lowest BCUT2D eigenvalue weighted by molar-refractivity contribution is 0.0973. The molecule has 1 atom stereocenters. The number of methoxy groups -OCH3 is 1. The van der Waals surface area contributed by atoms with E-state index < -0.39 is 17.4 Å². The molecule has 1 N–H and O–H groups in total. The molecule has 5 rings (SSSR count). The smallest absolute Gasteiger partial charge is 0.214 e. The number of hydrogen-bond acceptors (Lipinski definition) is 5. The van der Waals surface area contributed by atoms with E-state index in [1.807, 2.05) is 0 Å². The molecule has 22 heavy (non-hydrogen) atoms. The van der Waals surface area contributed by atoms with E-state index in [1.54, 1.807) is 0 Å². The van der Waals surface area contributed by atoms with Gasteiger partial charge in [-0.05, 0) is 37.9 Å². The maximum atomic E-state index is 14.1. The summed E-state index contributed by atoms with van der Waals surface area (Å²) in [5.74, 6) is -1.09. The predicted octanol–water partition coefficient (Wildman–Crippen LogP) is 2.62. The Morgan fingerprint density at radius 1 is 1.36 bits per heavy atom. The SMILES string of the molecule is COc1c(F)cc2c(N[C@H]3CN4CCC3CC4)noc2c1F. The van der Waals surface area contributed by atoms with Crippen LogP contribution in [0.25, 0.3) is 11.0 Å². The van der Waals surface area contributed by atoms with Crippen molar-refractivity contribution in [3.63, 3.8) is 0 Å². The molecule has 3 saturated heterocycles. The van der Waals surface area contributed by atoms with Crippen molar-refractivity contribution in [2.45, 2.75) is 18.9 Å². The summed E-state index contributed by atoms with van der Waals surface area (Å²) in [6.07, 6.45) is 2.29. The summed E-state index contributed by atoms with van der Waals surface area (Å²) in [5, 5.41) is 7.50. The molecule has 0 amide bonds. The number of nitrogens with one attached hydrogen (secondary N) is 1. The zero-order chi connectivity index (χ0) is 15.3. The number of halogens is 2. The first-order chi connectivity index (χ1) is 10.7. The van der Waals surface area contributed by atoms with Crippen molar-refractivity contribution in [3.8, 4) is 5.75 Å². The molecule has 0 radical (unpaired) electrons. The maximum Gasteiger partial charge on any atom is 0.214 e. The van der Waals surface area contributed by atoms with Crippen LogP contribution in [0, 0.1) is 17.6 Å². The first kappa shape index (κ1) is 13.8. The van der Waals surface area contributed by atoms with Gasteiger partial charge in [0.15, 0.2) is 17.4 Å². The summed E-state index contributed by atoms with van der Waals surface area (Å²) in [5.41, 5.74) is -0.0815. The zero-order valence-electron chi connectivity index (χ0n) is 12.2. The fourth-order valence-corrected chi connectivity index (χ4v) is 3.59. The summed E-state index contributed by atoms with van der Waals surface area (Å²) in [6.45, 7) is 3.19. The highest BCUT2D eigenvalue weighted by Crippen LogP contribution is 2.35. The van der Waals surface area contributed by atoms with Gasteiger partial charge in [0.2, 0.25) is 11.4 Å². The van der Waals surface area contributed by atoms with E-state index in [4.69, 9.17) is 9.26 Å². The van der Waals surface area contributed by atoms with E-state index in [9.17, 15) is 8.78 Å². The van der Waals surface area contributed by atoms with Crippen LogP contribution in [0.4, 0.5) is 14.6 Å². The normalized spacial score (nSPS) is 27.3. The van der Waals surface area contributed by atoms with Crippen LogP contribution in [0.1, 0.15) is 12.8 Å². The Bertz CT molecular complexity index is 710. The predicted molar refractivity (Wildman–Crippen MR) is 77.1 cm³/mol. The number of piperidine rings is 3. The topological polar surface area (TPSA) is 50.5 Å². The van der Waals surface area contributed by atoms with Crippen LogP contribution in [0.5, 0.6) is 5.75 Å². The van der Waals surface area contributed by atoms with E-state index in [0.29, 0.717) is 17.1 Å². The molecular formula is C15H17F2N3O2. The third kappa shape index (κ3) is 2.03. The highest BCUT2D eigenvalue weighted by molar-refractivity contribution is 5.89. The average molecular weight is 309 g/mol. The molecule has 1 aromatic carbocycles. The van der Waals surface area contributed by atoms with Gasteiger partial charge in [-0.25, -0.2) is 4.39 Å². The van der Waals surface area contributed by atoms with Crippen LogP contribution in [-0.2, 0) is 0 Å². The number of anilines is 1. The second-order valence-electron chi connectivity index (χ2n) is 6.00. The average Bonchev–Trinajstić information content (AvgIpc) is 2.92. The van der Waals surface area contributed by atoms with E-state index in [0.717, 1.165) is 32.5 Å². The first-order valence-corrected chi connectivity index (χ1v) is 7.47. The van der Waals surface area contributed by atoms with E-state index in [1.165, 1.54) is 13.2 Å². The molecule has 118 valence electrons. The number of rotatable bonds is 3. The van der Waals surface area contributed by atoms with Gasteiger partial charge in [-0.15, -0.1) is 0 Å². The van der Waals surface area contributed by atoms with Crippen molar-refractivity contribution >= 4 is 16.8 Å². The van der Waals surface area contributed by atoms with Crippen LogP contribution < -0.4 is 10.1 Å². The molecule has 2 aromatic rings. The Labute approximate surface area is 126 Å². The Hall–Kier alpha value is -1.89. The Morgan fingerprint density at radius 3 is 2.77 bits per heavy atom. The van der Waals surface area contributed by atoms with Crippen molar-refractivity contribution in [2.75, 3.05) is 32.1 Å². The minimum absolute atomic E-state index is 0.0815. The lowest BCUT2D eigenvalue weighted by Gasteiger charge is -2.44. The Morgan fingerprint density at radius 2 is 2.14 bits per heavy atom. The monoisotopic (exact) mass is 309 g/mol. The first-order valence-electron chi connectivity index (χ1n) is 7.47. The van der Waals surface area contributed by atoms with E-state index in [2.05, 4.69) is 15.4 Å². The molecule has 0 saturated carbocycles. The summed E-state index contributed by atoms with van der Waals surface area (Å²) in [7, 11) is 1.22. The minimum Gasteiger partial charge on any atom is -0.491 e. The summed E-state index contributed by atoms with van der Waals surface area (Å²) in [4.78, 5) is 2.39. The van der Waals surface area contributed by atoms with Gasteiger partial charge in [0.1, 0.15) is 0 Å².